The van der Waals surface area contributed by atoms with Gasteiger partial charge in [0, 0.05) is 11.2 Å². The smallest absolute Gasteiger partial charge is 0.337 e. The first-order valence-corrected chi connectivity index (χ1v) is 6.46. The van der Waals surface area contributed by atoms with Crippen LogP contribution in [0.15, 0.2) is 30.5 Å². The van der Waals surface area contributed by atoms with Gasteiger partial charge >= 0.3 is 5.97 Å². The van der Waals surface area contributed by atoms with Crippen LogP contribution in [-0.2, 0) is 0 Å². The number of hydrogen-bond donors (Lipinski definition) is 1. The number of carboxylic acid groups (broad SMARTS) is 1. The Labute approximate surface area is 127 Å². The fourth-order valence-corrected chi connectivity index (χ4v) is 2.34. The molecule has 5 nitrogen and oxygen atoms in total. The van der Waals surface area contributed by atoms with E-state index in [0.717, 1.165) is 0 Å². The molecule has 3 rings (SSSR count). The van der Waals surface area contributed by atoms with Crippen LogP contribution in [-0.4, -0.2) is 25.7 Å². The Hall–Kier alpha value is -2.18. The number of rotatable bonds is 2. The molecule has 0 radical (unpaired) electrons. The molecule has 0 unspecified atom stereocenters. The molecular weight excluding hydrogens is 320 g/mol. The van der Waals surface area contributed by atoms with Crippen molar-refractivity contribution < 1.29 is 14.3 Å². The van der Waals surface area contributed by atoms with Crippen molar-refractivity contribution in [1.29, 1.82) is 0 Å². The Morgan fingerprint density at radius 3 is 2.71 bits per heavy atom. The van der Waals surface area contributed by atoms with E-state index in [9.17, 15) is 9.18 Å². The number of carboxylic acids is 1. The molecule has 0 aliphatic rings. The molecule has 0 fully saturated rings. The van der Waals surface area contributed by atoms with Crippen molar-refractivity contribution in [1.82, 2.24) is 14.6 Å². The molecule has 0 saturated carbocycles. The molecule has 8 heteroatoms. The van der Waals surface area contributed by atoms with Crippen LogP contribution in [0.4, 0.5) is 4.39 Å². The van der Waals surface area contributed by atoms with Gasteiger partial charge in [-0.2, -0.15) is 0 Å². The molecule has 106 valence electrons. The van der Waals surface area contributed by atoms with Crippen molar-refractivity contribution in [2.45, 2.75) is 0 Å². The van der Waals surface area contributed by atoms with E-state index < -0.39 is 11.8 Å². The van der Waals surface area contributed by atoms with Gasteiger partial charge in [-0.05, 0) is 24.3 Å². The van der Waals surface area contributed by atoms with E-state index in [1.807, 2.05) is 0 Å². The third-order valence-corrected chi connectivity index (χ3v) is 3.39. The summed E-state index contributed by atoms with van der Waals surface area (Å²) in [5, 5.41) is 17.2. The minimum absolute atomic E-state index is 0.0593. The molecule has 21 heavy (non-hydrogen) atoms. The molecule has 0 aliphatic heterocycles. The molecule has 0 amide bonds. The van der Waals surface area contributed by atoms with Gasteiger partial charge in [-0.25, -0.2) is 9.18 Å². The molecule has 0 atom stereocenters. The zero-order chi connectivity index (χ0) is 15.1. The van der Waals surface area contributed by atoms with E-state index in [4.69, 9.17) is 28.3 Å². The number of nitrogens with zero attached hydrogens (tertiary/aromatic N) is 3. The van der Waals surface area contributed by atoms with Gasteiger partial charge < -0.3 is 5.11 Å². The Morgan fingerprint density at radius 1 is 1.24 bits per heavy atom. The average Bonchev–Trinajstić information content (AvgIpc) is 2.85. The van der Waals surface area contributed by atoms with Crippen molar-refractivity contribution >= 4 is 34.8 Å². The number of aromatic carboxylic acids is 1. The maximum Gasteiger partial charge on any atom is 0.337 e. The molecule has 0 bridgehead atoms. The van der Waals surface area contributed by atoms with Crippen LogP contribution in [0.5, 0.6) is 0 Å². The van der Waals surface area contributed by atoms with Crippen molar-refractivity contribution in [3.05, 3.63) is 51.9 Å². The third kappa shape index (κ3) is 2.32. The summed E-state index contributed by atoms with van der Waals surface area (Å²) in [7, 11) is 0. The monoisotopic (exact) mass is 325 g/mol. The molecular formula is C13H6Cl2FN3O2. The largest absolute Gasteiger partial charge is 0.478 e. The predicted molar refractivity (Wildman–Crippen MR) is 75.4 cm³/mol. The minimum Gasteiger partial charge on any atom is -0.478 e. The standard InChI is InChI=1S/C13H6Cl2FN3O2/c14-7-1-2-10(16)8(4-7)11-17-18-12-9(15)3-6(13(20)21)5-19(11)12/h1-5H,(H,20,21). The minimum atomic E-state index is -1.16. The number of benzene rings is 1. The lowest BCUT2D eigenvalue weighted by atomic mass is 10.2. The van der Waals surface area contributed by atoms with Crippen LogP contribution in [0.3, 0.4) is 0 Å². The van der Waals surface area contributed by atoms with E-state index in [-0.39, 0.29) is 27.6 Å². The second-order valence-corrected chi connectivity index (χ2v) is 5.07. The summed E-state index contributed by atoms with van der Waals surface area (Å²) in [4.78, 5) is 11.1. The van der Waals surface area contributed by atoms with Gasteiger partial charge in [-0.15, -0.1) is 10.2 Å². The van der Waals surface area contributed by atoms with Gasteiger partial charge in [0.15, 0.2) is 11.5 Å². The second-order valence-electron chi connectivity index (χ2n) is 4.22. The Kier molecular flexibility index (Phi) is 3.27. The Balaban J connectivity index is 2.33. The highest BCUT2D eigenvalue weighted by Crippen LogP contribution is 2.27. The van der Waals surface area contributed by atoms with Crippen molar-refractivity contribution in [3.8, 4) is 11.4 Å². The normalized spacial score (nSPS) is 11.0. The molecule has 3 aromatic rings. The highest BCUT2D eigenvalue weighted by Gasteiger charge is 2.17. The number of halogens is 3. The van der Waals surface area contributed by atoms with Crippen LogP contribution in [0, 0.1) is 5.82 Å². The fourth-order valence-electron chi connectivity index (χ4n) is 1.92. The molecule has 1 N–H and O–H groups in total. The van der Waals surface area contributed by atoms with Gasteiger partial charge in [0.2, 0.25) is 0 Å². The van der Waals surface area contributed by atoms with Gasteiger partial charge in [0.05, 0.1) is 16.1 Å². The molecule has 0 saturated heterocycles. The molecule has 2 heterocycles. The molecule has 2 aromatic heterocycles. The maximum absolute atomic E-state index is 13.9. The van der Waals surface area contributed by atoms with E-state index in [2.05, 4.69) is 10.2 Å². The Bertz CT molecular complexity index is 879. The first-order valence-electron chi connectivity index (χ1n) is 5.70. The lowest BCUT2D eigenvalue weighted by Crippen LogP contribution is -2.01. The number of pyridine rings is 1. The summed E-state index contributed by atoms with van der Waals surface area (Å²) in [5.41, 5.74) is 0.278. The van der Waals surface area contributed by atoms with Crippen molar-refractivity contribution in [2.75, 3.05) is 0 Å². The second kappa shape index (κ2) is 4.98. The van der Waals surface area contributed by atoms with E-state index in [0.29, 0.717) is 5.02 Å². The van der Waals surface area contributed by atoms with Crippen LogP contribution in [0.25, 0.3) is 17.0 Å². The summed E-state index contributed by atoms with van der Waals surface area (Å²) >= 11 is 11.8. The van der Waals surface area contributed by atoms with Crippen LogP contribution in [0.1, 0.15) is 10.4 Å². The number of aromatic nitrogens is 3. The molecule has 0 spiro atoms. The van der Waals surface area contributed by atoms with Gasteiger partial charge in [-0.3, -0.25) is 4.40 Å². The quantitative estimate of drug-likeness (QED) is 0.782. The van der Waals surface area contributed by atoms with Crippen molar-refractivity contribution in [3.63, 3.8) is 0 Å². The molecule has 1 aromatic carbocycles. The van der Waals surface area contributed by atoms with E-state index in [1.54, 1.807) is 0 Å². The summed E-state index contributed by atoms with van der Waals surface area (Å²) < 4.78 is 15.3. The highest BCUT2D eigenvalue weighted by molar-refractivity contribution is 6.33. The SMILES string of the molecule is O=C(O)c1cc(Cl)c2nnc(-c3cc(Cl)ccc3F)n2c1. The van der Waals surface area contributed by atoms with E-state index >= 15 is 0 Å². The lowest BCUT2D eigenvalue weighted by Gasteiger charge is -2.04. The maximum atomic E-state index is 13.9. The van der Waals surface area contributed by atoms with Gasteiger partial charge in [-0.1, -0.05) is 23.2 Å². The first-order chi connectivity index (χ1) is 9.97. The van der Waals surface area contributed by atoms with Gasteiger partial charge in [0.25, 0.3) is 0 Å². The summed E-state index contributed by atoms with van der Waals surface area (Å²) in [5.74, 6) is -1.59. The van der Waals surface area contributed by atoms with E-state index in [1.165, 1.54) is 34.9 Å². The number of fused-ring (bicyclic) bond motifs is 1. The number of hydrogen-bond acceptors (Lipinski definition) is 3. The van der Waals surface area contributed by atoms with Crippen molar-refractivity contribution in [2.24, 2.45) is 0 Å². The summed E-state index contributed by atoms with van der Waals surface area (Å²) in [6, 6.07) is 5.24. The van der Waals surface area contributed by atoms with Gasteiger partial charge in [0.1, 0.15) is 5.82 Å². The fraction of sp³-hybridized carbons (Fsp3) is 0. The van der Waals surface area contributed by atoms with Crippen LogP contribution >= 0.6 is 23.2 Å². The summed E-state index contributed by atoms with van der Waals surface area (Å²) in [6.07, 6.45) is 1.28. The molecule has 0 aliphatic carbocycles. The summed E-state index contributed by atoms with van der Waals surface area (Å²) in [6.45, 7) is 0. The predicted octanol–water partition coefficient (Wildman–Crippen LogP) is 3.54. The first kappa shape index (κ1) is 13.8. The zero-order valence-electron chi connectivity index (χ0n) is 10.2. The topological polar surface area (TPSA) is 67.5 Å². The van der Waals surface area contributed by atoms with Crippen LogP contribution in [0.2, 0.25) is 10.0 Å². The Morgan fingerprint density at radius 2 is 2.00 bits per heavy atom. The lowest BCUT2D eigenvalue weighted by molar-refractivity contribution is 0.0696. The number of carbonyl (C=O) groups is 1. The average molecular weight is 326 g/mol. The third-order valence-electron chi connectivity index (χ3n) is 2.88. The van der Waals surface area contributed by atoms with Crippen LogP contribution < -0.4 is 0 Å². The zero-order valence-corrected chi connectivity index (χ0v) is 11.7. The highest BCUT2D eigenvalue weighted by atomic mass is 35.5.